The molecule has 0 spiro atoms. The van der Waals surface area contributed by atoms with Gasteiger partial charge in [-0.05, 0) is 19.4 Å². The average molecular weight is 385 g/mol. The number of allylic oxidation sites excluding steroid dienone is 1. The Morgan fingerprint density at radius 3 is 2.29 bits per heavy atom. The molecule has 0 fully saturated rings. The van der Waals surface area contributed by atoms with E-state index in [2.05, 4.69) is 6.92 Å². The molecule has 0 bridgehead atoms. The van der Waals surface area contributed by atoms with Crippen molar-refractivity contribution in [1.82, 2.24) is 0 Å². The lowest BCUT2D eigenvalue weighted by Gasteiger charge is -2.27. The maximum atomic E-state index is 11.7. The number of esters is 1. The number of likely N-dealkylation sites (N-methyl/N-ethyl adjacent to an activating group) is 1. The molecule has 126 valence electrons. The minimum atomic E-state index is -0.121. The number of unbranched alkanes of at least 4 members (excludes halogenated alkanes) is 5. The Balaban J connectivity index is 0. The quantitative estimate of drug-likeness (QED) is 0.303. The molecule has 0 unspecified atom stereocenters. The second-order valence-corrected chi connectivity index (χ2v) is 6.65. The number of nitrogens with zero attached hydrogens (tertiary/aromatic N) is 1. The van der Waals surface area contributed by atoms with Gasteiger partial charge in [0.2, 0.25) is 0 Å². The molecule has 0 aliphatic heterocycles. The third kappa shape index (κ3) is 16.1. The number of hydrogen-bond donors (Lipinski definition) is 0. The van der Waals surface area contributed by atoms with Gasteiger partial charge in [-0.25, -0.2) is 4.79 Å². The predicted octanol–water partition coefficient (Wildman–Crippen LogP) is 1.11. The Morgan fingerprint density at radius 1 is 1.14 bits per heavy atom. The molecule has 0 N–H and O–H groups in total. The Morgan fingerprint density at radius 2 is 1.71 bits per heavy atom. The summed E-state index contributed by atoms with van der Waals surface area (Å²) in [5.74, 6) is -0.121. The van der Waals surface area contributed by atoms with E-state index in [1.54, 1.807) is 0 Å². The van der Waals surface area contributed by atoms with Gasteiger partial charge in [-0.3, -0.25) is 0 Å². The lowest BCUT2D eigenvalue weighted by Crippen LogP contribution is -3.00. The summed E-state index contributed by atoms with van der Waals surface area (Å²) in [5, 5.41) is 0.761. The van der Waals surface area contributed by atoms with Crippen molar-refractivity contribution in [2.24, 2.45) is 0 Å². The molecule has 21 heavy (non-hydrogen) atoms. The summed E-state index contributed by atoms with van der Waals surface area (Å²) >= 11 is 5.81. The highest BCUT2D eigenvalue weighted by molar-refractivity contribution is 6.29. The summed E-state index contributed by atoms with van der Waals surface area (Å²) in [6, 6.07) is 0. The summed E-state index contributed by atoms with van der Waals surface area (Å²) in [4.78, 5) is 11.7. The number of quaternary nitrogens is 1. The summed E-state index contributed by atoms with van der Waals surface area (Å²) in [5.41, 5.74) is 0. The first-order valence-electron chi connectivity index (χ1n) is 7.67. The molecule has 3 nitrogen and oxygen atoms in total. The fraction of sp³-hybridized carbons (Fsp3) is 0.812. The van der Waals surface area contributed by atoms with Gasteiger partial charge in [-0.2, -0.15) is 0 Å². The van der Waals surface area contributed by atoms with Crippen LogP contribution in [0.2, 0.25) is 0 Å². The fourth-order valence-corrected chi connectivity index (χ4v) is 1.97. The Labute approximate surface area is 146 Å². The van der Waals surface area contributed by atoms with Gasteiger partial charge < -0.3 is 26.2 Å². The van der Waals surface area contributed by atoms with Crippen LogP contribution >= 0.6 is 11.6 Å². The van der Waals surface area contributed by atoms with E-state index in [1.165, 1.54) is 25.7 Å². The van der Waals surface area contributed by atoms with Crippen LogP contribution in [0.4, 0.5) is 0 Å². The van der Waals surface area contributed by atoms with Crippen molar-refractivity contribution in [2.75, 3.05) is 33.8 Å². The zero-order valence-corrected chi connectivity index (χ0v) is 16.3. The second kappa shape index (κ2) is 13.6. The van der Waals surface area contributed by atoms with Crippen molar-refractivity contribution in [1.29, 1.82) is 0 Å². The summed E-state index contributed by atoms with van der Waals surface area (Å²) in [6.45, 7) is 5.73. The van der Waals surface area contributed by atoms with E-state index in [-0.39, 0.29) is 23.0 Å². The highest BCUT2D eigenvalue weighted by Crippen LogP contribution is 2.06. The molecule has 0 aliphatic carbocycles. The molecule has 0 aromatic carbocycles. The van der Waals surface area contributed by atoms with Crippen LogP contribution in [0.3, 0.4) is 0 Å². The Kier molecular flexibility index (Phi) is 15.0. The standard InChI is InChI=1S/C16H31ClNO2.BrH/c1-5-6-7-8-9-10-13-20-16(19)14-18(3,4)12-11-15(2)17;/h11H,5-10,12-14H2,1-4H3;1H/q+1;/p-1. The molecule has 0 aliphatic rings. The van der Waals surface area contributed by atoms with Crippen LogP contribution in [0.1, 0.15) is 52.4 Å². The number of hydrogen-bond acceptors (Lipinski definition) is 2. The van der Waals surface area contributed by atoms with E-state index in [4.69, 9.17) is 16.3 Å². The van der Waals surface area contributed by atoms with E-state index in [0.717, 1.165) is 24.4 Å². The normalized spacial score (nSPS) is 12.0. The highest BCUT2D eigenvalue weighted by atomic mass is 79.9. The summed E-state index contributed by atoms with van der Waals surface area (Å²) < 4.78 is 5.85. The zero-order chi connectivity index (χ0) is 15.4. The van der Waals surface area contributed by atoms with Gasteiger partial charge in [-0.15, -0.1) is 0 Å². The van der Waals surface area contributed by atoms with E-state index in [1.807, 2.05) is 27.1 Å². The molecule has 0 saturated carbocycles. The number of rotatable bonds is 11. The van der Waals surface area contributed by atoms with Crippen LogP contribution in [0, 0.1) is 0 Å². The van der Waals surface area contributed by atoms with E-state index >= 15 is 0 Å². The molecule has 0 heterocycles. The summed E-state index contributed by atoms with van der Waals surface area (Å²) in [6.07, 6.45) is 9.16. The smallest absolute Gasteiger partial charge is 0.361 e. The molecule has 0 radical (unpaired) electrons. The zero-order valence-electron chi connectivity index (χ0n) is 14.0. The van der Waals surface area contributed by atoms with Gasteiger partial charge in [0.05, 0.1) is 27.2 Å². The first kappa shape index (κ1) is 23.2. The topological polar surface area (TPSA) is 26.3 Å². The highest BCUT2D eigenvalue weighted by Gasteiger charge is 2.19. The maximum Gasteiger partial charge on any atom is 0.361 e. The molecule has 0 aromatic heterocycles. The maximum absolute atomic E-state index is 11.7. The predicted molar refractivity (Wildman–Crippen MR) is 85.8 cm³/mol. The van der Waals surface area contributed by atoms with Gasteiger partial charge in [-0.1, -0.05) is 50.6 Å². The number of halogens is 2. The van der Waals surface area contributed by atoms with Gasteiger partial charge in [0.25, 0.3) is 0 Å². The molecule has 0 aromatic rings. The van der Waals surface area contributed by atoms with Crippen molar-refractivity contribution in [3.05, 3.63) is 11.1 Å². The molecule has 0 rings (SSSR count). The minimum Gasteiger partial charge on any atom is -1.00 e. The first-order valence-corrected chi connectivity index (χ1v) is 8.05. The lowest BCUT2D eigenvalue weighted by atomic mass is 10.1. The van der Waals surface area contributed by atoms with E-state index in [9.17, 15) is 4.79 Å². The van der Waals surface area contributed by atoms with Crippen molar-refractivity contribution < 1.29 is 31.0 Å². The van der Waals surface area contributed by atoms with Crippen LogP contribution < -0.4 is 17.0 Å². The number of carbonyl (C=O) groups excluding carboxylic acids is 1. The summed E-state index contributed by atoms with van der Waals surface area (Å²) in [7, 11) is 4.00. The molecular weight excluding hydrogens is 354 g/mol. The average Bonchev–Trinajstić information content (AvgIpc) is 2.35. The van der Waals surface area contributed by atoms with Gasteiger partial charge >= 0.3 is 5.97 Å². The van der Waals surface area contributed by atoms with Crippen LogP contribution in [0.15, 0.2) is 11.1 Å². The molecular formula is C16H31BrClNO2. The molecule has 0 atom stereocenters. The van der Waals surface area contributed by atoms with Crippen LogP contribution in [-0.4, -0.2) is 44.2 Å². The van der Waals surface area contributed by atoms with E-state index < -0.39 is 0 Å². The van der Waals surface area contributed by atoms with Crippen molar-refractivity contribution in [2.45, 2.75) is 52.4 Å². The van der Waals surface area contributed by atoms with Crippen LogP contribution in [0.5, 0.6) is 0 Å². The minimum absolute atomic E-state index is 0. The Hall–Kier alpha value is -0.0600. The molecule has 5 heteroatoms. The van der Waals surface area contributed by atoms with Crippen molar-refractivity contribution >= 4 is 17.6 Å². The third-order valence-corrected chi connectivity index (χ3v) is 3.34. The van der Waals surface area contributed by atoms with Gasteiger partial charge in [0, 0.05) is 5.03 Å². The van der Waals surface area contributed by atoms with Crippen LogP contribution in [-0.2, 0) is 9.53 Å². The molecule has 0 saturated heterocycles. The lowest BCUT2D eigenvalue weighted by molar-refractivity contribution is -0.877. The van der Waals surface area contributed by atoms with Crippen LogP contribution in [0.25, 0.3) is 0 Å². The number of carbonyl (C=O) groups is 1. The SMILES string of the molecule is CCCCCCCCOC(=O)C[N+](C)(C)CC=C(C)Cl.[Br-]. The third-order valence-electron chi connectivity index (χ3n) is 3.18. The fourth-order valence-electron chi connectivity index (χ4n) is 1.90. The van der Waals surface area contributed by atoms with E-state index in [0.29, 0.717) is 17.6 Å². The van der Waals surface area contributed by atoms with Crippen molar-refractivity contribution in [3.8, 4) is 0 Å². The van der Waals surface area contributed by atoms with Gasteiger partial charge in [0.1, 0.15) is 0 Å². The number of ether oxygens (including phenoxy) is 1. The first-order chi connectivity index (χ1) is 9.37. The monoisotopic (exact) mass is 383 g/mol. The Bertz CT molecular complexity index is 303. The van der Waals surface area contributed by atoms with Crippen molar-refractivity contribution in [3.63, 3.8) is 0 Å². The molecule has 0 amide bonds. The largest absolute Gasteiger partial charge is 1.00 e. The van der Waals surface area contributed by atoms with Gasteiger partial charge in [0.15, 0.2) is 6.54 Å². The second-order valence-electron chi connectivity index (χ2n) is 6.06.